The first-order valence-electron chi connectivity index (χ1n) is 15.9. The molecule has 0 amide bonds. The van der Waals surface area contributed by atoms with E-state index in [1.54, 1.807) is 0 Å². The number of para-hydroxylation sites is 1. The van der Waals surface area contributed by atoms with E-state index >= 15 is 0 Å². The highest BCUT2D eigenvalue weighted by molar-refractivity contribution is 7.26. The van der Waals surface area contributed by atoms with Gasteiger partial charge in [-0.25, -0.2) is 0 Å². The molecule has 0 aliphatic heterocycles. The van der Waals surface area contributed by atoms with Crippen LogP contribution in [0, 0.1) is 0 Å². The van der Waals surface area contributed by atoms with Gasteiger partial charge in [-0.1, -0.05) is 97.1 Å². The van der Waals surface area contributed by atoms with Gasteiger partial charge < -0.3 is 9.32 Å². The highest BCUT2D eigenvalue weighted by Gasteiger charge is 2.19. The Morgan fingerprint density at radius 1 is 0.426 bits per heavy atom. The number of rotatable bonds is 4. The highest BCUT2D eigenvalue weighted by Crippen LogP contribution is 2.45. The predicted molar refractivity (Wildman–Crippen MR) is 202 cm³/mol. The van der Waals surface area contributed by atoms with E-state index in [1.807, 2.05) is 11.3 Å². The third kappa shape index (κ3) is 4.17. The summed E-state index contributed by atoms with van der Waals surface area (Å²) in [4.78, 5) is 2.35. The van der Waals surface area contributed by atoms with Crippen LogP contribution in [0.15, 0.2) is 168 Å². The van der Waals surface area contributed by atoms with Crippen LogP contribution < -0.4 is 4.90 Å². The Hall–Kier alpha value is -5.90. The molecule has 0 aliphatic carbocycles. The number of fused-ring (bicyclic) bond motifs is 9. The van der Waals surface area contributed by atoms with Crippen LogP contribution in [0.2, 0.25) is 0 Å². The molecule has 0 fully saturated rings. The maximum Gasteiger partial charge on any atom is 0.144 e. The van der Waals surface area contributed by atoms with Crippen molar-refractivity contribution in [3.8, 4) is 11.1 Å². The Morgan fingerprint density at radius 3 is 1.96 bits per heavy atom. The molecule has 8 aromatic carbocycles. The molecule has 0 unspecified atom stereocenters. The van der Waals surface area contributed by atoms with Crippen molar-refractivity contribution in [1.82, 2.24) is 0 Å². The number of benzene rings is 8. The number of hydrogen-bond donors (Lipinski definition) is 0. The predicted octanol–water partition coefficient (Wildman–Crippen LogP) is 13.4. The molecule has 2 heterocycles. The fourth-order valence-corrected chi connectivity index (χ4v) is 8.28. The second-order valence-corrected chi connectivity index (χ2v) is 13.2. The van der Waals surface area contributed by atoms with Crippen LogP contribution in [0.3, 0.4) is 0 Å². The molecule has 3 heteroatoms. The Labute approximate surface area is 275 Å². The smallest absolute Gasteiger partial charge is 0.144 e. The van der Waals surface area contributed by atoms with E-state index in [0.717, 1.165) is 39.0 Å². The minimum Gasteiger partial charge on any atom is -0.455 e. The second kappa shape index (κ2) is 10.3. The number of anilines is 3. The number of nitrogens with zero attached hydrogens (tertiary/aromatic N) is 1. The zero-order chi connectivity index (χ0) is 30.9. The van der Waals surface area contributed by atoms with Crippen molar-refractivity contribution in [1.29, 1.82) is 0 Å². The summed E-state index contributed by atoms with van der Waals surface area (Å²) in [5.41, 5.74) is 7.68. The quantitative estimate of drug-likeness (QED) is 0.195. The van der Waals surface area contributed by atoms with Crippen molar-refractivity contribution in [3.05, 3.63) is 164 Å². The maximum absolute atomic E-state index is 6.69. The largest absolute Gasteiger partial charge is 0.455 e. The molecule has 0 radical (unpaired) electrons. The Morgan fingerprint density at radius 2 is 1.11 bits per heavy atom. The van der Waals surface area contributed by atoms with E-state index < -0.39 is 0 Å². The van der Waals surface area contributed by atoms with Crippen LogP contribution in [0.5, 0.6) is 0 Å². The van der Waals surface area contributed by atoms with Crippen molar-refractivity contribution in [3.63, 3.8) is 0 Å². The van der Waals surface area contributed by atoms with Crippen LogP contribution in [-0.4, -0.2) is 0 Å². The van der Waals surface area contributed by atoms with Gasteiger partial charge in [-0.15, -0.1) is 11.3 Å². The van der Waals surface area contributed by atoms with Crippen LogP contribution in [-0.2, 0) is 0 Å². The lowest BCUT2D eigenvalue weighted by Gasteiger charge is -2.26. The molecule has 0 saturated heterocycles. The molecule has 0 N–H and O–H groups in total. The van der Waals surface area contributed by atoms with Crippen molar-refractivity contribution in [2.45, 2.75) is 0 Å². The van der Waals surface area contributed by atoms with Crippen LogP contribution in [0.25, 0.3) is 74.8 Å². The molecule has 0 spiro atoms. The first-order chi connectivity index (χ1) is 23.3. The van der Waals surface area contributed by atoms with Crippen LogP contribution in [0.1, 0.15) is 0 Å². The second-order valence-electron chi connectivity index (χ2n) is 12.1. The molecule has 0 aliphatic rings. The molecule has 10 rings (SSSR count). The Kier molecular flexibility index (Phi) is 5.78. The minimum atomic E-state index is 0.930. The first-order valence-corrected chi connectivity index (χ1v) is 16.7. The number of hydrogen-bond acceptors (Lipinski definition) is 3. The minimum absolute atomic E-state index is 0.930. The summed E-state index contributed by atoms with van der Waals surface area (Å²) >= 11 is 1.82. The zero-order valence-corrected chi connectivity index (χ0v) is 26.2. The SMILES string of the molecule is c1ccc(N(c2ccc(-c3cccc4ccccc34)cc2)c2ccc3sc4ccc5c6cc7ccccc7cc6oc5c4c3c2)cc1. The monoisotopic (exact) mass is 617 g/mol. The molecule has 10 aromatic rings. The van der Waals surface area contributed by atoms with E-state index in [2.05, 4.69) is 169 Å². The van der Waals surface area contributed by atoms with Gasteiger partial charge in [0.1, 0.15) is 11.2 Å². The van der Waals surface area contributed by atoms with Crippen LogP contribution in [0.4, 0.5) is 17.1 Å². The average Bonchev–Trinajstić information content (AvgIpc) is 3.69. The van der Waals surface area contributed by atoms with E-state index in [9.17, 15) is 0 Å². The summed E-state index contributed by atoms with van der Waals surface area (Å²) < 4.78 is 9.17. The lowest BCUT2D eigenvalue weighted by atomic mass is 9.98. The maximum atomic E-state index is 6.69. The summed E-state index contributed by atoms with van der Waals surface area (Å²) in [6.45, 7) is 0. The number of thiophene rings is 1. The highest BCUT2D eigenvalue weighted by atomic mass is 32.1. The molecular formula is C44H27NOS. The first kappa shape index (κ1) is 26.3. The van der Waals surface area contributed by atoms with Crippen molar-refractivity contribution >= 4 is 92.1 Å². The Bertz CT molecular complexity index is 2790. The van der Waals surface area contributed by atoms with Crippen molar-refractivity contribution in [2.24, 2.45) is 0 Å². The molecule has 2 aromatic heterocycles. The summed E-state index contributed by atoms with van der Waals surface area (Å²) in [5, 5.41) is 9.66. The summed E-state index contributed by atoms with van der Waals surface area (Å²) in [7, 11) is 0. The fourth-order valence-electron chi connectivity index (χ4n) is 7.20. The molecular weight excluding hydrogens is 591 g/mol. The molecule has 47 heavy (non-hydrogen) atoms. The van der Waals surface area contributed by atoms with Gasteiger partial charge in [0.15, 0.2) is 0 Å². The molecule has 220 valence electrons. The van der Waals surface area contributed by atoms with E-state index in [4.69, 9.17) is 4.42 Å². The van der Waals surface area contributed by atoms with Crippen molar-refractivity contribution < 1.29 is 4.42 Å². The van der Waals surface area contributed by atoms with Gasteiger partial charge >= 0.3 is 0 Å². The van der Waals surface area contributed by atoms with Gasteiger partial charge in [0.25, 0.3) is 0 Å². The molecule has 0 bridgehead atoms. The zero-order valence-electron chi connectivity index (χ0n) is 25.4. The summed E-state index contributed by atoms with van der Waals surface area (Å²) in [5.74, 6) is 0. The standard InChI is InChI=1S/C44H27NOS/c1-2-13-32(14-3-1)45(33-19-17-29(18-20-33)36-16-8-12-28-9-6-7-15-35(28)36)34-21-23-41-39(27-34)43-42(47-41)24-22-37-38-25-30-10-4-5-11-31(30)26-40(38)46-44(37)43/h1-27H. The Balaban J connectivity index is 1.15. The third-order valence-electron chi connectivity index (χ3n) is 9.42. The molecule has 2 nitrogen and oxygen atoms in total. The number of furan rings is 1. The summed E-state index contributed by atoms with van der Waals surface area (Å²) in [6, 6.07) is 59.0. The van der Waals surface area contributed by atoms with Gasteiger partial charge in [0.2, 0.25) is 0 Å². The molecule has 0 atom stereocenters. The topological polar surface area (TPSA) is 16.4 Å². The van der Waals surface area contributed by atoms with E-state index in [-0.39, 0.29) is 0 Å². The van der Waals surface area contributed by atoms with E-state index in [0.29, 0.717) is 0 Å². The van der Waals surface area contributed by atoms with Gasteiger partial charge in [0.05, 0.1) is 0 Å². The van der Waals surface area contributed by atoms with Gasteiger partial charge in [-0.2, -0.15) is 0 Å². The molecule has 0 saturated carbocycles. The summed E-state index contributed by atoms with van der Waals surface area (Å²) in [6.07, 6.45) is 0. The van der Waals surface area contributed by atoms with Crippen molar-refractivity contribution in [2.75, 3.05) is 4.90 Å². The fraction of sp³-hybridized carbons (Fsp3) is 0. The van der Waals surface area contributed by atoms with Gasteiger partial charge in [-0.05, 0) is 99.4 Å². The lowest BCUT2D eigenvalue weighted by Crippen LogP contribution is -2.09. The van der Waals surface area contributed by atoms with Gasteiger partial charge in [0, 0.05) is 48.0 Å². The average molecular weight is 618 g/mol. The normalized spacial score (nSPS) is 11.8. The third-order valence-corrected chi connectivity index (χ3v) is 10.6. The van der Waals surface area contributed by atoms with Gasteiger partial charge in [-0.3, -0.25) is 0 Å². The van der Waals surface area contributed by atoms with Crippen LogP contribution >= 0.6 is 11.3 Å². The van der Waals surface area contributed by atoms with E-state index in [1.165, 1.54) is 52.8 Å². The lowest BCUT2D eigenvalue weighted by molar-refractivity contribution is 0.673.